The molecule has 126 valence electrons. The molecule has 0 saturated heterocycles. The number of H-pyrrole nitrogens is 1. The summed E-state index contributed by atoms with van der Waals surface area (Å²) in [7, 11) is 0. The summed E-state index contributed by atoms with van der Waals surface area (Å²) in [5, 5.41) is 3.06. The molecule has 5 nitrogen and oxygen atoms in total. The standard InChI is InChI=1S/C16H15F2N3O2S/c17-11-6-5-9(7-12(11)18)19-14(22)8-24-15-10-3-1-2-4-13(10)20-16(23)21-15/h5-7H,1-4,8H2,(H,19,22)(H,20,21,23). The number of anilines is 1. The fourth-order valence-electron chi connectivity index (χ4n) is 2.62. The summed E-state index contributed by atoms with van der Waals surface area (Å²) >= 11 is 1.17. The van der Waals surface area contributed by atoms with Crippen molar-refractivity contribution in [2.45, 2.75) is 30.7 Å². The van der Waals surface area contributed by atoms with E-state index < -0.39 is 17.3 Å². The first-order chi connectivity index (χ1) is 11.5. The van der Waals surface area contributed by atoms with Crippen LogP contribution < -0.4 is 11.0 Å². The molecular formula is C16H15F2N3O2S. The zero-order chi connectivity index (χ0) is 17.1. The number of aromatic amines is 1. The first kappa shape index (κ1) is 16.6. The number of amides is 1. The third-order valence-corrected chi connectivity index (χ3v) is 4.75. The number of aryl methyl sites for hydroxylation is 1. The molecule has 8 heteroatoms. The molecule has 24 heavy (non-hydrogen) atoms. The molecule has 0 saturated carbocycles. The number of hydrogen-bond donors (Lipinski definition) is 2. The molecule has 0 bridgehead atoms. The Bertz CT molecular complexity index is 839. The van der Waals surface area contributed by atoms with Crippen LogP contribution in [0.5, 0.6) is 0 Å². The maximum absolute atomic E-state index is 13.1. The van der Waals surface area contributed by atoms with Gasteiger partial charge in [-0.25, -0.2) is 13.6 Å². The van der Waals surface area contributed by atoms with Crippen LogP contribution in [-0.4, -0.2) is 21.6 Å². The highest BCUT2D eigenvalue weighted by atomic mass is 32.2. The van der Waals surface area contributed by atoms with Gasteiger partial charge < -0.3 is 10.3 Å². The third-order valence-electron chi connectivity index (χ3n) is 3.73. The number of carbonyl (C=O) groups excluding carboxylic acids is 1. The van der Waals surface area contributed by atoms with Crippen molar-refractivity contribution in [2.24, 2.45) is 0 Å². The quantitative estimate of drug-likeness (QED) is 0.656. The minimum Gasteiger partial charge on any atom is -0.325 e. The summed E-state index contributed by atoms with van der Waals surface area (Å²) in [6.07, 6.45) is 3.68. The Morgan fingerprint density at radius 2 is 2.04 bits per heavy atom. The van der Waals surface area contributed by atoms with E-state index in [0.717, 1.165) is 49.1 Å². The Balaban J connectivity index is 1.67. The highest BCUT2D eigenvalue weighted by Crippen LogP contribution is 2.27. The van der Waals surface area contributed by atoms with Crippen LogP contribution in [-0.2, 0) is 17.6 Å². The molecule has 1 heterocycles. The lowest BCUT2D eigenvalue weighted by atomic mass is 9.98. The summed E-state index contributed by atoms with van der Waals surface area (Å²) in [6, 6.07) is 3.16. The van der Waals surface area contributed by atoms with E-state index in [4.69, 9.17) is 0 Å². The average Bonchev–Trinajstić information content (AvgIpc) is 2.56. The number of carbonyl (C=O) groups is 1. The van der Waals surface area contributed by atoms with Gasteiger partial charge in [0.15, 0.2) is 11.6 Å². The van der Waals surface area contributed by atoms with Gasteiger partial charge in [0.1, 0.15) is 5.03 Å². The monoisotopic (exact) mass is 351 g/mol. The molecule has 1 aliphatic rings. The molecule has 3 rings (SSSR count). The van der Waals surface area contributed by atoms with E-state index in [1.807, 2.05) is 0 Å². The van der Waals surface area contributed by atoms with Gasteiger partial charge in [-0.3, -0.25) is 4.79 Å². The van der Waals surface area contributed by atoms with Gasteiger partial charge >= 0.3 is 5.69 Å². The SMILES string of the molecule is O=C(CSc1nc(=O)[nH]c2c1CCCC2)Nc1ccc(F)c(F)c1. The Hall–Kier alpha value is -2.22. The van der Waals surface area contributed by atoms with Crippen molar-refractivity contribution in [3.8, 4) is 0 Å². The molecule has 2 N–H and O–H groups in total. The van der Waals surface area contributed by atoms with Crippen molar-refractivity contribution in [3.05, 3.63) is 51.6 Å². The lowest BCUT2D eigenvalue weighted by molar-refractivity contribution is -0.113. The molecule has 0 radical (unpaired) electrons. The largest absolute Gasteiger partial charge is 0.346 e. The number of benzene rings is 1. The van der Waals surface area contributed by atoms with Gasteiger partial charge in [-0.05, 0) is 37.8 Å². The topological polar surface area (TPSA) is 74.8 Å². The predicted molar refractivity (Wildman–Crippen MR) is 87.2 cm³/mol. The van der Waals surface area contributed by atoms with Gasteiger partial charge in [0.05, 0.1) is 5.75 Å². The van der Waals surface area contributed by atoms with Gasteiger partial charge in [-0.2, -0.15) is 4.98 Å². The van der Waals surface area contributed by atoms with E-state index in [9.17, 15) is 18.4 Å². The van der Waals surface area contributed by atoms with Gasteiger partial charge in [0, 0.05) is 23.0 Å². The molecule has 2 aromatic rings. The Labute approximate surface area is 140 Å². The molecule has 1 aromatic carbocycles. The van der Waals surface area contributed by atoms with Gasteiger partial charge in [0.25, 0.3) is 0 Å². The second-order valence-corrected chi connectivity index (χ2v) is 6.44. The molecule has 0 fully saturated rings. The molecule has 1 aliphatic carbocycles. The second kappa shape index (κ2) is 7.12. The van der Waals surface area contributed by atoms with E-state index in [0.29, 0.717) is 5.03 Å². The minimum absolute atomic E-state index is 0.0297. The second-order valence-electron chi connectivity index (χ2n) is 5.48. The Morgan fingerprint density at radius 1 is 1.25 bits per heavy atom. The van der Waals surface area contributed by atoms with E-state index in [-0.39, 0.29) is 17.3 Å². The maximum atomic E-state index is 13.1. The summed E-state index contributed by atoms with van der Waals surface area (Å²) in [4.78, 5) is 30.3. The smallest absolute Gasteiger partial charge is 0.325 e. The van der Waals surface area contributed by atoms with Crippen molar-refractivity contribution in [2.75, 3.05) is 11.1 Å². The molecule has 0 atom stereocenters. The first-order valence-electron chi connectivity index (χ1n) is 7.52. The number of rotatable bonds is 4. The zero-order valence-electron chi connectivity index (χ0n) is 12.7. The molecule has 0 unspecified atom stereocenters. The molecule has 0 spiro atoms. The lowest BCUT2D eigenvalue weighted by Crippen LogP contribution is -2.21. The number of aromatic nitrogens is 2. The molecule has 1 amide bonds. The Morgan fingerprint density at radius 3 is 2.83 bits per heavy atom. The molecular weight excluding hydrogens is 336 g/mol. The van der Waals surface area contributed by atoms with E-state index in [1.54, 1.807) is 0 Å². The van der Waals surface area contributed by atoms with Crippen LogP contribution in [0.2, 0.25) is 0 Å². The normalized spacial score (nSPS) is 13.4. The fraction of sp³-hybridized carbons (Fsp3) is 0.312. The van der Waals surface area contributed by atoms with Crippen molar-refractivity contribution in [1.29, 1.82) is 0 Å². The summed E-state index contributed by atoms with van der Waals surface area (Å²) in [5.41, 5.74) is 1.65. The highest BCUT2D eigenvalue weighted by molar-refractivity contribution is 8.00. The predicted octanol–water partition coefficient (Wildman–Crippen LogP) is 2.66. The van der Waals surface area contributed by atoms with Gasteiger partial charge in [0.2, 0.25) is 5.91 Å². The number of nitrogens with zero attached hydrogens (tertiary/aromatic N) is 1. The third kappa shape index (κ3) is 3.81. The van der Waals surface area contributed by atoms with Crippen LogP contribution in [0.4, 0.5) is 14.5 Å². The average molecular weight is 351 g/mol. The minimum atomic E-state index is -1.02. The number of halogens is 2. The molecule has 0 aliphatic heterocycles. The van der Waals surface area contributed by atoms with Crippen LogP contribution in [0.25, 0.3) is 0 Å². The Kier molecular flexibility index (Phi) is 4.94. The van der Waals surface area contributed by atoms with Gasteiger partial charge in [-0.1, -0.05) is 11.8 Å². The van der Waals surface area contributed by atoms with Crippen LogP contribution >= 0.6 is 11.8 Å². The number of hydrogen-bond acceptors (Lipinski definition) is 4. The number of fused-ring (bicyclic) bond motifs is 1. The number of nitrogens with one attached hydrogen (secondary N) is 2. The van der Waals surface area contributed by atoms with Crippen LogP contribution in [0.15, 0.2) is 28.0 Å². The highest BCUT2D eigenvalue weighted by Gasteiger charge is 2.17. The summed E-state index contributed by atoms with van der Waals surface area (Å²) in [5.74, 6) is -2.34. The zero-order valence-corrected chi connectivity index (χ0v) is 13.5. The van der Waals surface area contributed by atoms with Crippen LogP contribution in [0.3, 0.4) is 0 Å². The maximum Gasteiger partial charge on any atom is 0.346 e. The first-order valence-corrected chi connectivity index (χ1v) is 8.51. The van der Waals surface area contributed by atoms with Crippen molar-refractivity contribution < 1.29 is 13.6 Å². The lowest BCUT2D eigenvalue weighted by Gasteiger charge is -2.17. The van der Waals surface area contributed by atoms with Crippen molar-refractivity contribution in [3.63, 3.8) is 0 Å². The van der Waals surface area contributed by atoms with E-state index in [1.165, 1.54) is 17.8 Å². The van der Waals surface area contributed by atoms with Crippen LogP contribution in [0.1, 0.15) is 24.1 Å². The summed E-state index contributed by atoms with van der Waals surface area (Å²) in [6.45, 7) is 0. The van der Waals surface area contributed by atoms with Crippen molar-refractivity contribution >= 4 is 23.4 Å². The van der Waals surface area contributed by atoms with Crippen molar-refractivity contribution in [1.82, 2.24) is 9.97 Å². The number of thioether (sulfide) groups is 1. The van der Waals surface area contributed by atoms with Gasteiger partial charge in [-0.15, -0.1) is 0 Å². The fourth-order valence-corrected chi connectivity index (χ4v) is 3.51. The van der Waals surface area contributed by atoms with E-state index >= 15 is 0 Å². The molecule has 1 aromatic heterocycles. The van der Waals surface area contributed by atoms with E-state index in [2.05, 4.69) is 15.3 Å². The summed E-state index contributed by atoms with van der Waals surface area (Å²) < 4.78 is 26.0. The van der Waals surface area contributed by atoms with Crippen LogP contribution in [0, 0.1) is 11.6 Å².